The average molecular weight is 856 g/mol. The van der Waals surface area contributed by atoms with Crippen molar-refractivity contribution in [3.63, 3.8) is 0 Å². The Morgan fingerprint density at radius 1 is 0.667 bits per heavy atom. The van der Waals surface area contributed by atoms with Crippen LogP contribution in [0, 0.1) is 23.6 Å². The number of esters is 1. The van der Waals surface area contributed by atoms with E-state index in [2.05, 4.69) is 38.5 Å². The SMILES string of the molecule is CCC(C)(C)C(=O)OCCNC(=O)Oc1cc[c-]c(-c2ccccn2)c1.[Ir+3].[c-]1ccccc1-c1ccccn1.[c-]1ccccc1-c1ccccn1. The molecule has 260 valence electrons. The quantitative estimate of drug-likeness (QED) is 0.0882. The molecule has 0 atom stereocenters. The van der Waals surface area contributed by atoms with Crippen LogP contribution in [-0.4, -0.2) is 40.2 Å². The number of hydrogen-bond acceptors (Lipinski definition) is 7. The maximum absolute atomic E-state index is 11.9. The van der Waals surface area contributed by atoms with E-state index in [4.69, 9.17) is 9.47 Å². The van der Waals surface area contributed by atoms with Crippen molar-refractivity contribution in [1.82, 2.24) is 20.3 Å². The molecule has 3 heterocycles. The number of nitrogens with zero attached hydrogens (tertiary/aromatic N) is 3. The molecule has 0 bridgehead atoms. The molecule has 1 N–H and O–H groups in total. The minimum absolute atomic E-state index is 0. The average Bonchev–Trinajstić information content (AvgIpc) is 3.19. The zero-order chi connectivity index (χ0) is 35.4. The number of ether oxygens (including phenoxy) is 2. The summed E-state index contributed by atoms with van der Waals surface area (Å²) >= 11 is 0. The predicted molar refractivity (Wildman–Crippen MR) is 195 cm³/mol. The van der Waals surface area contributed by atoms with Crippen LogP contribution >= 0.6 is 0 Å². The van der Waals surface area contributed by atoms with Gasteiger partial charge in [0, 0.05) is 18.6 Å². The van der Waals surface area contributed by atoms with Crippen molar-refractivity contribution in [2.45, 2.75) is 27.2 Å². The molecule has 0 unspecified atom stereocenters. The Kier molecular flexibility index (Phi) is 16.9. The van der Waals surface area contributed by atoms with Crippen LogP contribution in [0.3, 0.4) is 0 Å². The number of rotatable bonds is 9. The van der Waals surface area contributed by atoms with Gasteiger partial charge in [-0.15, -0.1) is 102 Å². The Morgan fingerprint density at radius 2 is 1.16 bits per heavy atom. The van der Waals surface area contributed by atoms with E-state index in [1.807, 2.05) is 124 Å². The van der Waals surface area contributed by atoms with Gasteiger partial charge in [-0.25, -0.2) is 4.79 Å². The number of pyridine rings is 3. The summed E-state index contributed by atoms with van der Waals surface area (Å²) in [5, 5.41) is 2.55. The molecule has 0 radical (unpaired) electrons. The summed E-state index contributed by atoms with van der Waals surface area (Å²) in [7, 11) is 0. The number of hydrogen-bond donors (Lipinski definition) is 1. The van der Waals surface area contributed by atoms with Gasteiger partial charge in [-0.05, 0) is 55.5 Å². The van der Waals surface area contributed by atoms with E-state index >= 15 is 0 Å². The molecule has 0 aliphatic heterocycles. The Morgan fingerprint density at radius 3 is 1.61 bits per heavy atom. The first-order chi connectivity index (χ1) is 24.4. The van der Waals surface area contributed by atoms with E-state index in [-0.39, 0.29) is 39.2 Å². The van der Waals surface area contributed by atoms with Crippen LogP contribution in [0.1, 0.15) is 27.2 Å². The third-order valence-electron chi connectivity index (χ3n) is 7.27. The molecule has 6 rings (SSSR count). The van der Waals surface area contributed by atoms with Crippen LogP contribution in [0.2, 0.25) is 0 Å². The topological polar surface area (TPSA) is 103 Å². The molecule has 9 heteroatoms. The Balaban J connectivity index is 0.000000231. The number of amides is 1. The third kappa shape index (κ3) is 13.7. The normalized spacial score (nSPS) is 10.1. The van der Waals surface area contributed by atoms with Crippen molar-refractivity contribution < 1.29 is 39.2 Å². The molecule has 1 amide bonds. The fourth-order valence-electron chi connectivity index (χ4n) is 4.11. The molecule has 3 aromatic carbocycles. The molecular weight excluding hydrogens is 817 g/mol. The van der Waals surface area contributed by atoms with Crippen molar-refractivity contribution in [2.75, 3.05) is 13.2 Å². The molecule has 6 aromatic rings. The summed E-state index contributed by atoms with van der Waals surface area (Å²) in [6, 6.07) is 47.2. The molecule has 0 fully saturated rings. The molecule has 0 saturated carbocycles. The maximum Gasteiger partial charge on any atom is 3.00 e. The standard InChI is InChI=1S/C20H23N2O4.2C11H8N.Ir/c1-4-20(2,3)18(23)25-13-12-22-19(24)26-16-9-7-8-15(14-16)17-10-5-6-11-21-17;2*1-2-6-10(7-3-1)11-8-4-5-9-12-11;/h5-7,9-11,14H,4,12-13H2,1-3H3,(H,22,24);2*1-6,8-9H;/q3*-1;+3. The van der Waals surface area contributed by atoms with Crippen molar-refractivity contribution in [3.05, 3.63) is 158 Å². The number of carbonyl (C=O) groups excluding carboxylic acids is 2. The molecule has 8 nitrogen and oxygen atoms in total. The van der Waals surface area contributed by atoms with Gasteiger partial charge >= 0.3 is 32.2 Å². The first-order valence-corrected chi connectivity index (χ1v) is 16.2. The molecule has 0 spiro atoms. The molecule has 3 aromatic heterocycles. The predicted octanol–water partition coefficient (Wildman–Crippen LogP) is 8.71. The summed E-state index contributed by atoms with van der Waals surface area (Å²) in [4.78, 5) is 36.4. The molecule has 0 aliphatic rings. The first-order valence-electron chi connectivity index (χ1n) is 16.2. The molecule has 0 aliphatic carbocycles. The van der Waals surface area contributed by atoms with E-state index in [9.17, 15) is 9.59 Å². The van der Waals surface area contributed by atoms with Gasteiger partial charge in [0.1, 0.15) is 6.61 Å². The van der Waals surface area contributed by atoms with Crippen LogP contribution in [0.5, 0.6) is 5.75 Å². The largest absolute Gasteiger partial charge is 3.00 e. The van der Waals surface area contributed by atoms with Gasteiger partial charge in [-0.1, -0.05) is 43.3 Å². The van der Waals surface area contributed by atoms with Crippen LogP contribution in [-0.2, 0) is 29.6 Å². The minimum Gasteiger partial charge on any atom is -0.463 e. The summed E-state index contributed by atoms with van der Waals surface area (Å²) in [5.74, 6) is 0.0970. The van der Waals surface area contributed by atoms with Gasteiger partial charge in [0.15, 0.2) is 0 Å². The van der Waals surface area contributed by atoms with Crippen molar-refractivity contribution in [2.24, 2.45) is 5.41 Å². The molecule has 0 saturated heterocycles. The van der Waals surface area contributed by atoms with E-state index in [1.54, 1.807) is 36.8 Å². The fraction of sp³-hybridized carbons (Fsp3) is 0.167. The second-order valence-corrected chi connectivity index (χ2v) is 11.3. The summed E-state index contributed by atoms with van der Waals surface area (Å²) < 4.78 is 10.4. The van der Waals surface area contributed by atoms with Crippen LogP contribution in [0.15, 0.2) is 140 Å². The maximum atomic E-state index is 11.9. The smallest absolute Gasteiger partial charge is 0.463 e. The van der Waals surface area contributed by atoms with E-state index in [0.29, 0.717) is 12.2 Å². The first kappa shape index (κ1) is 39.9. The van der Waals surface area contributed by atoms with Gasteiger partial charge in [0.2, 0.25) is 0 Å². The van der Waals surface area contributed by atoms with Gasteiger partial charge < -0.3 is 29.7 Å². The number of carbonyl (C=O) groups is 2. The Labute approximate surface area is 313 Å². The van der Waals surface area contributed by atoms with Gasteiger partial charge in [0.05, 0.1) is 17.7 Å². The van der Waals surface area contributed by atoms with Crippen LogP contribution < -0.4 is 10.1 Å². The summed E-state index contributed by atoms with van der Waals surface area (Å²) in [5.41, 5.74) is 4.96. The fourth-order valence-corrected chi connectivity index (χ4v) is 4.11. The van der Waals surface area contributed by atoms with Crippen LogP contribution in [0.25, 0.3) is 33.8 Å². The Bertz CT molecular complexity index is 1710. The second kappa shape index (κ2) is 21.6. The Hall–Kier alpha value is -5.50. The van der Waals surface area contributed by atoms with Gasteiger partial charge in [0.25, 0.3) is 0 Å². The van der Waals surface area contributed by atoms with Crippen molar-refractivity contribution in [3.8, 4) is 39.5 Å². The number of nitrogens with one attached hydrogen (secondary N) is 1. The molecular formula is C42H39IrN4O4. The zero-order valence-corrected chi connectivity index (χ0v) is 31.1. The summed E-state index contributed by atoms with van der Waals surface area (Å²) in [6.45, 7) is 5.84. The van der Waals surface area contributed by atoms with E-state index < -0.39 is 11.5 Å². The third-order valence-corrected chi connectivity index (χ3v) is 7.27. The monoisotopic (exact) mass is 856 g/mol. The van der Waals surface area contributed by atoms with Gasteiger partial charge in [-0.2, -0.15) is 0 Å². The van der Waals surface area contributed by atoms with E-state index in [1.165, 1.54) is 0 Å². The zero-order valence-electron chi connectivity index (χ0n) is 28.7. The second-order valence-electron chi connectivity index (χ2n) is 11.3. The summed E-state index contributed by atoms with van der Waals surface area (Å²) in [6.07, 6.45) is 5.33. The van der Waals surface area contributed by atoms with E-state index in [0.717, 1.165) is 33.8 Å². The molecule has 51 heavy (non-hydrogen) atoms. The number of benzene rings is 3. The minimum atomic E-state index is -0.617. The van der Waals surface area contributed by atoms with Crippen molar-refractivity contribution in [1.29, 1.82) is 0 Å². The van der Waals surface area contributed by atoms with Crippen molar-refractivity contribution >= 4 is 12.1 Å². The van der Waals surface area contributed by atoms with Gasteiger partial charge in [-0.3, -0.25) is 4.79 Å². The van der Waals surface area contributed by atoms with Crippen LogP contribution in [0.4, 0.5) is 4.79 Å². The number of aromatic nitrogens is 3.